The topological polar surface area (TPSA) is 37.3 Å². The first-order chi connectivity index (χ1) is 9.08. The van der Waals surface area contributed by atoms with E-state index in [-0.39, 0.29) is 17.1 Å². The SMILES string of the molecule is O=C(C=Cc1ccccc1)c1cc(Cl)cc(Br)c1O. The highest BCUT2D eigenvalue weighted by molar-refractivity contribution is 9.10. The van der Waals surface area contributed by atoms with E-state index in [1.165, 1.54) is 18.2 Å². The minimum absolute atomic E-state index is 0.105. The molecule has 0 saturated carbocycles. The molecule has 0 unspecified atom stereocenters. The summed E-state index contributed by atoms with van der Waals surface area (Å²) in [6, 6.07) is 12.4. The number of allylic oxidation sites excluding steroid dienone is 1. The van der Waals surface area contributed by atoms with Crippen molar-refractivity contribution >= 4 is 39.4 Å². The molecule has 19 heavy (non-hydrogen) atoms. The van der Waals surface area contributed by atoms with Gasteiger partial charge in [0.05, 0.1) is 10.0 Å². The van der Waals surface area contributed by atoms with Crippen molar-refractivity contribution in [2.45, 2.75) is 0 Å². The van der Waals surface area contributed by atoms with Gasteiger partial charge in [-0.15, -0.1) is 0 Å². The van der Waals surface area contributed by atoms with Crippen molar-refractivity contribution in [2.24, 2.45) is 0 Å². The molecule has 0 aliphatic rings. The van der Waals surface area contributed by atoms with Crippen LogP contribution in [0.5, 0.6) is 5.75 Å². The van der Waals surface area contributed by atoms with Gasteiger partial charge < -0.3 is 5.11 Å². The molecule has 0 aromatic heterocycles. The highest BCUT2D eigenvalue weighted by Gasteiger charge is 2.12. The lowest BCUT2D eigenvalue weighted by Crippen LogP contribution is -1.95. The second-order valence-electron chi connectivity index (χ2n) is 3.89. The number of hydrogen-bond acceptors (Lipinski definition) is 2. The monoisotopic (exact) mass is 336 g/mol. The second kappa shape index (κ2) is 6.04. The van der Waals surface area contributed by atoms with Crippen LogP contribution in [0.1, 0.15) is 15.9 Å². The summed E-state index contributed by atoms with van der Waals surface area (Å²) in [5, 5.41) is 10.2. The van der Waals surface area contributed by atoms with Gasteiger partial charge in [0.15, 0.2) is 5.78 Å². The van der Waals surface area contributed by atoms with Crippen LogP contribution in [-0.4, -0.2) is 10.9 Å². The second-order valence-corrected chi connectivity index (χ2v) is 5.18. The zero-order valence-electron chi connectivity index (χ0n) is 9.81. The fraction of sp³-hybridized carbons (Fsp3) is 0. The molecule has 2 aromatic carbocycles. The van der Waals surface area contributed by atoms with Crippen LogP contribution in [0.2, 0.25) is 5.02 Å². The summed E-state index contributed by atoms with van der Waals surface area (Å²) in [4.78, 5) is 12.0. The standard InChI is InChI=1S/C15H10BrClO2/c16-13-9-11(17)8-12(15(13)19)14(18)7-6-10-4-2-1-3-5-10/h1-9,19H. The van der Waals surface area contributed by atoms with Crippen molar-refractivity contribution < 1.29 is 9.90 Å². The van der Waals surface area contributed by atoms with Crippen LogP contribution >= 0.6 is 27.5 Å². The summed E-state index contributed by atoms with van der Waals surface area (Å²) in [7, 11) is 0. The molecule has 0 spiro atoms. The zero-order valence-corrected chi connectivity index (χ0v) is 12.1. The highest BCUT2D eigenvalue weighted by Crippen LogP contribution is 2.31. The Balaban J connectivity index is 2.28. The fourth-order valence-corrected chi connectivity index (χ4v) is 2.39. The van der Waals surface area contributed by atoms with Crippen molar-refractivity contribution in [3.63, 3.8) is 0 Å². The Morgan fingerprint density at radius 1 is 1.21 bits per heavy atom. The Labute approximate surface area is 124 Å². The molecule has 2 rings (SSSR count). The van der Waals surface area contributed by atoms with E-state index in [2.05, 4.69) is 15.9 Å². The van der Waals surface area contributed by atoms with Crippen molar-refractivity contribution in [2.75, 3.05) is 0 Å². The first-order valence-electron chi connectivity index (χ1n) is 5.53. The van der Waals surface area contributed by atoms with Crippen LogP contribution in [0.15, 0.2) is 53.0 Å². The van der Waals surface area contributed by atoms with Crippen molar-refractivity contribution in [3.8, 4) is 5.75 Å². The molecule has 0 saturated heterocycles. The lowest BCUT2D eigenvalue weighted by molar-refractivity contribution is 0.104. The van der Waals surface area contributed by atoms with E-state index in [0.717, 1.165) is 5.56 Å². The maximum atomic E-state index is 12.0. The molecule has 0 radical (unpaired) electrons. The van der Waals surface area contributed by atoms with E-state index < -0.39 is 0 Å². The summed E-state index contributed by atoms with van der Waals surface area (Å²) in [5.41, 5.74) is 1.09. The summed E-state index contributed by atoms with van der Waals surface area (Å²) in [6.45, 7) is 0. The van der Waals surface area contributed by atoms with E-state index >= 15 is 0 Å². The summed E-state index contributed by atoms with van der Waals surface area (Å²) in [5.74, 6) is -0.406. The Kier molecular flexibility index (Phi) is 4.40. The summed E-state index contributed by atoms with van der Waals surface area (Å²) in [6.07, 6.45) is 3.10. The quantitative estimate of drug-likeness (QED) is 0.651. The normalized spacial score (nSPS) is 10.8. The largest absolute Gasteiger partial charge is 0.506 e. The fourth-order valence-electron chi connectivity index (χ4n) is 1.58. The number of phenols is 1. The number of phenolic OH excluding ortho intramolecular Hbond substituents is 1. The molecule has 0 bridgehead atoms. The molecular weight excluding hydrogens is 328 g/mol. The van der Waals surface area contributed by atoms with E-state index in [1.807, 2.05) is 30.3 Å². The predicted molar refractivity (Wildman–Crippen MR) is 80.6 cm³/mol. The van der Waals surface area contributed by atoms with Crippen LogP contribution in [0.4, 0.5) is 0 Å². The number of aromatic hydroxyl groups is 1. The summed E-state index contributed by atoms with van der Waals surface area (Å²) >= 11 is 9.02. The Hall–Kier alpha value is -1.58. The smallest absolute Gasteiger partial charge is 0.189 e. The molecular formula is C15H10BrClO2. The minimum atomic E-state index is -0.301. The number of benzene rings is 2. The maximum Gasteiger partial charge on any atom is 0.189 e. The van der Waals surface area contributed by atoms with E-state index in [0.29, 0.717) is 9.50 Å². The first-order valence-corrected chi connectivity index (χ1v) is 6.70. The lowest BCUT2D eigenvalue weighted by Gasteiger charge is -2.04. The van der Waals surface area contributed by atoms with Gasteiger partial charge in [0.25, 0.3) is 0 Å². The van der Waals surface area contributed by atoms with Crippen LogP contribution < -0.4 is 0 Å². The van der Waals surface area contributed by atoms with Gasteiger partial charge >= 0.3 is 0 Å². The van der Waals surface area contributed by atoms with Crippen molar-refractivity contribution in [3.05, 3.63) is 69.2 Å². The van der Waals surface area contributed by atoms with Crippen LogP contribution in [0.3, 0.4) is 0 Å². The van der Waals surface area contributed by atoms with Crippen LogP contribution in [0.25, 0.3) is 6.08 Å². The Morgan fingerprint density at radius 3 is 2.58 bits per heavy atom. The highest BCUT2D eigenvalue weighted by atomic mass is 79.9. The molecule has 0 heterocycles. The van der Waals surface area contributed by atoms with Crippen molar-refractivity contribution in [1.29, 1.82) is 0 Å². The predicted octanol–water partition coefficient (Wildman–Crippen LogP) is 4.70. The third-order valence-electron chi connectivity index (χ3n) is 2.52. The van der Waals surface area contributed by atoms with Crippen LogP contribution in [0, 0.1) is 0 Å². The maximum absolute atomic E-state index is 12.0. The molecule has 0 aliphatic heterocycles. The number of halogens is 2. The first kappa shape index (κ1) is 13.8. The number of rotatable bonds is 3. The molecule has 1 N–H and O–H groups in total. The van der Waals surface area contributed by atoms with Gasteiger partial charge in [0, 0.05) is 5.02 Å². The number of ketones is 1. The minimum Gasteiger partial charge on any atom is -0.506 e. The third kappa shape index (κ3) is 3.46. The number of carbonyl (C=O) groups excluding carboxylic acids is 1. The molecule has 2 nitrogen and oxygen atoms in total. The van der Waals surface area contributed by atoms with Crippen molar-refractivity contribution in [1.82, 2.24) is 0 Å². The Bertz CT molecular complexity index is 636. The molecule has 96 valence electrons. The molecule has 0 aliphatic carbocycles. The molecule has 2 aromatic rings. The molecule has 0 fully saturated rings. The lowest BCUT2D eigenvalue weighted by atomic mass is 10.1. The van der Waals surface area contributed by atoms with Gasteiger partial charge in [-0.25, -0.2) is 0 Å². The molecule has 0 atom stereocenters. The third-order valence-corrected chi connectivity index (χ3v) is 3.34. The van der Waals surface area contributed by atoms with Gasteiger partial charge in [-0.1, -0.05) is 48.0 Å². The van der Waals surface area contributed by atoms with Gasteiger partial charge in [-0.05, 0) is 39.7 Å². The van der Waals surface area contributed by atoms with E-state index in [1.54, 1.807) is 6.08 Å². The average Bonchev–Trinajstić information content (AvgIpc) is 2.41. The summed E-state index contributed by atoms with van der Waals surface area (Å²) < 4.78 is 0.400. The average molecular weight is 338 g/mol. The molecule has 4 heteroatoms. The molecule has 0 amide bonds. The van der Waals surface area contributed by atoms with Gasteiger partial charge in [-0.2, -0.15) is 0 Å². The zero-order chi connectivity index (χ0) is 13.8. The number of carbonyl (C=O) groups is 1. The Morgan fingerprint density at radius 2 is 1.89 bits per heavy atom. The van der Waals surface area contributed by atoms with Gasteiger partial charge in [0.1, 0.15) is 5.75 Å². The van der Waals surface area contributed by atoms with Crippen LogP contribution in [-0.2, 0) is 0 Å². The van der Waals surface area contributed by atoms with E-state index in [4.69, 9.17) is 11.6 Å². The number of hydrogen-bond donors (Lipinski definition) is 1. The van der Waals surface area contributed by atoms with Gasteiger partial charge in [-0.3, -0.25) is 4.79 Å². The van der Waals surface area contributed by atoms with E-state index in [9.17, 15) is 9.90 Å². The van der Waals surface area contributed by atoms with Gasteiger partial charge in [0.2, 0.25) is 0 Å².